The number of halogens is 2. The average Bonchev–Trinajstić information content (AvgIpc) is 2.71. The second-order valence-corrected chi connectivity index (χ2v) is 11.2. The number of nitrogens with zero attached hydrogens (tertiary/aromatic N) is 1. The molecule has 0 radical (unpaired) electrons. The van der Waals surface area contributed by atoms with Crippen LogP contribution >= 0.6 is 27.5 Å². The molecule has 2 aromatic carbocycles. The van der Waals surface area contributed by atoms with Gasteiger partial charge in [0.2, 0.25) is 15.9 Å². The quantitative estimate of drug-likeness (QED) is 0.515. The van der Waals surface area contributed by atoms with Crippen molar-refractivity contribution in [1.82, 2.24) is 9.62 Å². The number of hydrogen-bond acceptors (Lipinski definition) is 3. The lowest BCUT2D eigenvalue weighted by Crippen LogP contribution is -2.44. The normalized spacial score (nSPS) is 16.0. The Morgan fingerprint density at radius 3 is 2.26 bits per heavy atom. The summed E-state index contributed by atoms with van der Waals surface area (Å²) in [6.07, 6.45) is 7.67. The molecule has 2 aromatic rings. The highest BCUT2D eigenvalue weighted by Gasteiger charge is 2.28. The van der Waals surface area contributed by atoms with Crippen molar-refractivity contribution in [2.24, 2.45) is 0 Å². The van der Waals surface area contributed by atoms with Gasteiger partial charge in [-0.15, -0.1) is 0 Å². The number of carbonyl (C=O) groups excluding carboxylic acids is 1. The molecule has 1 N–H and O–H groups in total. The molecule has 8 heteroatoms. The first-order valence-corrected chi connectivity index (χ1v) is 13.3. The number of hydrogen-bond donors (Lipinski definition) is 1. The minimum absolute atomic E-state index is 0.0240. The second-order valence-electron chi connectivity index (χ2n) is 7.93. The Bertz CT molecular complexity index is 975. The van der Waals surface area contributed by atoms with Crippen LogP contribution in [0.4, 0.5) is 0 Å². The van der Waals surface area contributed by atoms with Crippen LogP contribution in [0.3, 0.4) is 0 Å². The highest BCUT2D eigenvalue weighted by Crippen LogP contribution is 2.24. The van der Waals surface area contributed by atoms with Gasteiger partial charge in [0.15, 0.2) is 0 Å². The van der Waals surface area contributed by atoms with Crippen molar-refractivity contribution in [3.63, 3.8) is 0 Å². The van der Waals surface area contributed by atoms with Crippen LogP contribution in [0.2, 0.25) is 5.02 Å². The van der Waals surface area contributed by atoms with Crippen LogP contribution in [0.15, 0.2) is 57.9 Å². The maximum Gasteiger partial charge on any atom is 0.243 e. The highest BCUT2D eigenvalue weighted by atomic mass is 79.9. The first-order valence-electron chi connectivity index (χ1n) is 10.6. The lowest BCUT2D eigenvalue weighted by Gasteiger charge is -2.25. The number of carbonyl (C=O) groups is 1. The van der Waals surface area contributed by atoms with Gasteiger partial charge in [0.05, 0.1) is 11.4 Å². The summed E-state index contributed by atoms with van der Waals surface area (Å²) in [7, 11) is -3.89. The van der Waals surface area contributed by atoms with Crippen molar-refractivity contribution in [3.8, 4) is 0 Å². The number of rotatable bonds is 7. The van der Waals surface area contributed by atoms with Crippen molar-refractivity contribution < 1.29 is 13.2 Å². The van der Waals surface area contributed by atoms with Crippen molar-refractivity contribution in [2.75, 3.05) is 6.54 Å². The Morgan fingerprint density at radius 1 is 1.00 bits per heavy atom. The van der Waals surface area contributed by atoms with Gasteiger partial charge in [0, 0.05) is 22.1 Å². The van der Waals surface area contributed by atoms with Gasteiger partial charge in [-0.05, 0) is 48.7 Å². The summed E-state index contributed by atoms with van der Waals surface area (Å²) in [5, 5.41) is 3.54. The van der Waals surface area contributed by atoms with E-state index in [1.165, 1.54) is 35.7 Å². The largest absolute Gasteiger partial charge is 0.352 e. The lowest BCUT2D eigenvalue weighted by molar-refractivity contribution is -0.122. The van der Waals surface area contributed by atoms with Crippen LogP contribution in [-0.4, -0.2) is 31.2 Å². The van der Waals surface area contributed by atoms with E-state index in [0.29, 0.717) is 10.6 Å². The van der Waals surface area contributed by atoms with E-state index in [2.05, 4.69) is 21.2 Å². The molecular formula is C23H28BrClN2O3S. The van der Waals surface area contributed by atoms with Crippen molar-refractivity contribution in [3.05, 3.63) is 63.6 Å². The molecular weight excluding hydrogens is 500 g/mol. The standard InChI is InChI=1S/C23H28BrClN2O3S/c24-19-12-14-21(15-13-19)31(29,30)27(16-18-8-6-7-11-22(18)25)17-23(28)26-20-9-4-2-1-3-5-10-20/h6-8,11-15,20H,1-5,9-10,16-17H2,(H,26,28). The molecule has 0 atom stereocenters. The molecule has 3 rings (SSSR count). The summed E-state index contributed by atoms with van der Waals surface area (Å²) in [4.78, 5) is 13.0. The number of nitrogens with one attached hydrogen (secondary N) is 1. The summed E-state index contributed by atoms with van der Waals surface area (Å²) in [6, 6.07) is 13.6. The summed E-state index contributed by atoms with van der Waals surface area (Å²) >= 11 is 9.61. The topological polar surface area (TPSA) is 66.5 Å². The molecule has 31 heavy (non-hydrogen) atoms. The molecule has 0 heterocycles. The van der Waals surface area contributed by atoms with E-state index in [1.54, 1.807) is 36.4 Å². The van der Waals surface area contributed by atoms with Gasteiger partial charge in [-0.1, -0.05) is 77.8 Å². The van der Waals surface area contributed by atoms with Gasteiger partial charge in [-0.2, -0.15) is 4.31 Å². The molecule has 1 aliphatic carbocycles. The van der Waals surface area contributed by atoms with Crippen molar-refractivity contribution in [1.29, 1.82) is 0 Å². The van der Waals surface area contributed by atoms with E-state index in [-0.39, 0.29) is 29.9 Å². The number of sulfonamides is 1. The smallest absolute Gasteiger partial charge is 0.243 e. The fraction of sp³-hybridized carbons (Fsp3) is 0.435. The molecule has 1 fully saturated rings. The summed E-state index contributed by atoms with van der Waals surface area (Å²) in [5.41, 5.74) is 0.656. The fourth-order valence-corrected chi connectivity index (χ4v) is 5.67. The van der Waals surface area contributed by atoms with Crippen LogP contribution in [0.1, 0.15) is 50.5 Å². The predicted molar refractivity (Wildman–Crippen MR) is 127 cm³/mol. The molecule has 0 aliphatic heterocycles. The lowest BCUT2D eigenvalue weighted by atomic mass is 9.97. The number of amides is 1. The molecule has 5 nitrogen and oxygen atoms in total. The van der Waals surface area contributed by atoms with Crippen LogP contribution < -0.4 is 5.32 Å². The molecule has 168 valence electrons. The Hall–Kier alpha value is -1.41. The maximum absolute atomic E-state index is 13.4. The Balaban J connectivity index is 1.80. The van der Waals surface area contributed by atoms with Gasteiger partial charge in [0.25, 0.3) is 0 Å². The van der Waals surface area contributed by atoms with Gasteiger partial charge < -0.3 is 5.32 Å². The first kappa shape index (κ1) is 24.2. The molecule has 0 aromatic heterocycles. The second kappa shape index (κ2) is 11.5. The first-order chi connectivity index (χ1) is 14.9. The molecule has 1 amide bonds. The average molecular weight is 528 g/mol. The monoisotopic (exact) mass is 526 g/mol. The van der Waals surface area contributed by atoms with Gasteiger partial charge in [-0.25, -0.2) is 8.42 Å². The minimum atomic E-state index is -3.89. The van der Waals surface area contributed by atoms with Crippen molar-refractivity contribution in [2.45, 2.75) is 62.4 Å². The van der Waals surface area contributed by atoms with Gasteiger partial charge in [0.1, 0.15) is 0 Å². The summed E-state index contributed by atoms with van der Waals surface area (Å²) in [5.74, 6) is -0.279. The van der Waals surface area contributed by atoms with Crippen molar-refractivity contribution >= 4 is 43.5 Å². The third-order valence-corrected chi connectivity index (χ3v) is 8.25. The molecule has 0 bridgehead atoms. The molecule has 0 saturated heterocycles. The molecule has 1 aliphatic rings. The third-order valence-electron chi connectivity index (χ3n) is 5.55. The Kier molecular flexibility index (Phi) is 8.95. The summed E-state index contributed by atoms with van der Waals surface area (Å²) in [6.45, 7) is -0.226. The van der Waals surface area contributed by atoms with Gasteiger partial charge >= 0.3 is 0 Å². The van der Waals surface area contributed by atoms with Crippen LogP contribution in [-0.2, 0) is 21.4 Å². The zero-order valence-corrected chi connectivity index (χ0v) is 20.6. The molecule has 0 unspecified atom stereocenters. The van der Waals surface area contributed by atoms with Gasteiger partial charge in [-0.3, -0.25) is 4.79 Å². The van der Waals surface area contributed by atoms with E-state index >= 15 is 0 Å². The van der Waals surface area contributed by atoms with Crippen LogP contribution in [0.25, 0.3) is 0 Å². The predicted octanol–water partition coefficient (Wildman–Crippen LogP) is 5.52. The molecule has 1 saturated carbocycles. The minimum Gasteiger partial charge on any atom is -0.352 e. The SMILES string of the molecule is O=C(CN(Cc1ccccc1Cl)S(=O)(=O)c1ccc(Br)cc1)NC1CCCCCCC1. The Morgan fingerprint density at radius 2 is 1.61 bits per heavy atom. The van der Waals surface area contributed by atoms with E-state index in [0.717, 1.165) is 30.2 Å². The maximum atomic E-state index is 13.4. The zero-order chi connectivity index (χ0) is 22.3. The molecule has 0 spiro atoms. The van der Waals surface area contributed by atoms with E-state index in [9.17, 15) is 13.2 Å². The number of benzene rings is 2. The third kappa shape index (κ3) is 7.04. The van der Waals surface area contributed by atoms with E-state index in [1.807, 2.05) is 0 Å². The fourth-order valence-electron chi connectivity index (χ4n) is 3.83. The zero-order valence-electron chi connectivity index (χ0n) is 17.4. The Labute approximate surface area is 198 Å². The highest BCUT2D eigenvalue weighted by molar-refractivity contribution is 9.10. The summed E-state index contributed by atoms with van der Waals surface area (Å²) < 4.78 is 28.7. The van der Waals surface area contributed by atoms with E-state index in [4.69, 9.17) is 11.6 Å². The van der Waals surface area contributed by atoms with Crippen LogP contribution in [0.5, 0.6) is 0 Å². The van der Waals surface area contributed by atoms with E-state index < -0.39 is 10.0 Å². The van der Waals surface area contributed by atoms with Crippen LogP contribution in [0, 0.1) is 0 Å².